The van der Waals surface area contributed by atoms with Crippen LogP contribution in [0.1, 0.15) is 11.8 Å². The van der Waals surface area contributed by atoms with Crippen LogP contribution in [-0.2, 0) is 20.8 Å². The van der Waals surface area contributed by atoms with Gasteiger partial charge in [0.05, 0.1) is 6.42 Å². The summed E-state index contributed by atoms with van der Waals surface area (Å²) in [7, 11) is 0. The normalized spacial score (nSPS) is 19.2. The maximum atomic E-state index is 12.0. The zero-order chi connectivity index (χ0) is 16.1. The molecule has 1 aromatic rings. The zero-order valence-electron chi connectivity index (χ0n) is 11.9. The number of thiophene rings is 1. The third-order valence-corrected chi connectivity index (χ3v) is 5.37. The molecule has 0 aliphatic carbocycles. The fourth-order valence-corrected chi connectivity index (χ4v) is 3.84. The standard InChI is InChI=1S/C14H16N2O4S2/c1-8-7-22-13(16-12(8)14(19)20)10(6-17)15-11(18)5-9-3-2-4-21-9/h2-4,6,10,13,16H,5,7H2,1H3,(H,15,18)(H,19,20)/t10-,13-/m1/s1. The number of thioether (sulfide) groups is 1. The average molecular weight is 340 g/mol. The SMILES string of the molecule is CC1=C(C(=O)O)N[C@@H]([C@@H](C=O)NC(=O)Cc2cccs2)SC1. The van der Waals surface area contributed by atoms with Gasteiger partial charge in [-0.25, -0.2) is 4.79 Å². The summed E-state index contributed by atoms with van der Waals surface area (Å²) < 4.78 is 0. The molecule has 0 saturated carbocycles. The lowest BCUT2D eigenvalue weighted by Crippen LogP contribution is -2.51. The first kappa shape index (κ1) is 16.6. The van der Waals surface area contributed by atoms with Crippen LogP contribution in [0, 0.1) is 0 Å². The molecule has 0 fully saturated rings. The van der Waals surface area contributed by atoms with Crippen molar-refractivity contribution >= 4 is 41.3 Å². The maximum Gasteiger partial charge on any atom is 0.351 e. The number of rotatable bonds is 6. The van der Waals surface area contributed by atoms with Crippen molar-refractivity contribution in [3.8, 4) is 0 Å². The van der Waals surface area contributed by atoms with Gasteiger partial charge in [-0.2, -0.15) is 0 Å². The van der Waals surface area contributed by atoms with Crippen molar-refractivity contribution in [1.82, 2.24) is 10.6 Å². The summed E-state index contributed by atoms with van der Waals surface area (Å²) in [6, 6.07) is 2.93. The first-order chi connectivity index (χ1) is 10.5. The lowest BCUT2D eigenvalue weighted by Gasteiger charge is -2.30. The molecule has 1 aliphatic rings. The van der Waals surface area contributed by atoms with Crippen molar-refractivity contribution in [3.05, 3.63) is 33.7 Å². The second-order valence-electron chi connectivity index (χ2n) is 4.82. The van der Waals surface area contributed by atoms with Gasteiger partial charge in [0.2, 0.25) is 5.91 Å². The molecule has 2 heterocycles. The third kappa shape index (κ3) is 4.11. The number of carboxylic acid groups (broad SMARTS) is 1. The molecule has 0 saturated heterocycles. The Morgan fingerprint density at radius 1 is 1.59 bits per heavy atom. The molecule has 1 aromatic heterocycles. The number of nitrogens with one attached hydrogen (secondary N) is 2. The number of carbonyl (C=O) groups excluding carboxylic acids is 2. The van der Waals surface area contributed by atoms with Crippen molar-refractivity contribution in [2.45, 2.75) is 24.8 Å². The smallest absolute Gasteiger partial charge is 0.351 e. The maximum absolute atomic E-state index is 12.0. The summed E-state index contributed by atoms with van der Waals surface area (Å²) in [5.41, 5.74) is 0.811. The zero-order valence-corrected chi connectivity index (χ0v) is 13.5. The van der Waals surface area contributed by atoms with Gasteiger partial charge in [0.1, 0.15) is 23.4 Å². The van der Waals surface area contributed by atoms with Gasteiger partial charge in [-0.05, 0) is 23.9 Å². The van der Waals surface area contributed by atoms with Crippen LogP contribution in [-0.4, -0.2) is 40.4 Å². The quantitative estimate of drug-likeness (QED) is 0.669. The molecule has 8 heteroatoms. The van der Waals surface area contributed by atoms with E-state index in [1.165, 1.54) is 23.1 Å². The summed E-state index contributed by atoms with van der Waals surface area (Å²) in [6.07, 6.45) is 0.844. The van der Waals surface area contributed by atoms with E-state index >= 15 is 0 Å². The van der Waals surface area contributed by atoms with Crippen molar-refractivity contribution in [3.63, 3.8) is 0 Å². The Morgan fingerprint density at radius 2 is 2.36 bits per heavy atom. The Balaban J connectivity index is 1.98. The Hall–Kier alpha value is -1.80. The average Bonchev–Trinajstić information content (AvgIpc) is 2.98. The molecular formula is C14H16N2O4S2. The third-order valence-electron chi connectivity index (χ3n) is 3.12. The first-order valence-corrected chi connectivity index (χ1v) is 8.52. The van der Waals surface area contributed by atoms with Crippen LogP contribution in [0.5, 0.6) is 0 Å². The largest absolute Gasteiger partial charge is 0.477 e. The molecule has 118 valence electrons. The highest BCUT2D eigenvalue weighted by molar-refractivity contribution is 8.00. The topological polar surface area (TPSA) is 95.5 Å². The van der Waals surface area contributed by atoms with Gasteiger partial charge in [-0.15, -0.1) is 23.1 Å². The highest BCUT2D eigenvalue weighted by Crippen LogP contribution is 2.24. The number of hydrogen-bond acceptors (Lipinski definition) is 6. The summed E-state index contributed by atoms with van der Waals surface area (Å²) in [5, 5.41) is 16.0. The fourth-order valence-electron chi connectivity index (χ4n) is 2.02. The molecule has 1 amide bonds. The highest BCUT2D eigenvalue weighted by atomic mass is 32.2. The fraction of sp³-hybridized carbons (Fsp3) is 0.357. The molecule has 2 atom stereocenters. The van der Waals surface area contributed by atoms with Crippen LogP contribution in [0.3, 0.4) is 0 Å². The number of hydrogen-bond donors (Lipinski definition) is 3. The van der Waals surface area contributed by atoms with Gasteiger partial charge >= 0.3 is 5.97 Å². The van der Waals surface area contributed by atoms with Crippen LogP contribution in [0.25, 0.3) is 0 Å². The molecule has 6 nitrogen and oxygen atoms in total. The van der Waals surface area contributed by atoms with E-state index in [-0.39, 0.29) is 18.0 Å². The predicted octanol–water partition coefficient (Wildman–Crippen LogP) is 0.995. The summed E-state index contributed by atoms with van der Waals surface area (Å²) in [6.45, 7) is 1.73. The van der Waals surface area contributed by atoms with Crippen LogP contribution in [0.4, 0.5) is 0 Å². The Kier molecular flexibility index (Phi) is 5.62. The Labute approximate surface area is 136 Å². The van der Waals surface area contributed by atoms with Crippen LogP contribution >= 0.6 is 23.1 Å². The molecule has 1 aliphatic heterocycles. The van der Waals surface area contributed by atoms with E-state index in [0.717, 1.165) is 4.88 Å². The van der Waals surface area contributed by atoms with Crippen molar-refractivity contribution in [2.75, 3.05) is 5.75 Å². The Morgan fingerprint density at radius 3 is 2.95 bits per heavy atom. The molecule has 0 bridgehead atoms. The molecule has 3 N–H and O–H groups in total. The lowest BCUT2D eigenvalue weighted by molar-refractivity contribution is -0.133. The predicted molar refractivity (Wildman–Crippen MR) is 85.7 cm³/mol. The second-order valence-corrected chi connectivity index (χ2v) is 6.98. The van der Waals surface area contributed by atoms with Gasteiger partial charge in [0.25, 0.3) is 0 Å². The molecule has 22 heavy (non-hydrogen) atoms. The Bertz CT molecular complexity index is 598. The number of carboxylic acids is 1. The lowest BCUT2D eigenvalue weighted by atomic mass is 10.2. The minimum Gasteiger partial charge on any atom is -0.477 e. The number of aliphatic carboxylic acids is 1. The van der Waals surface area contributed by atoms with E-state index in [0.29, 0.717) is 17.6 Å². The summed E-state index contributed by atoms with van der Waals surface area (Å²) in [5.74, 6) is -0.813. The van der Waals surface area contributed by atoms with E-state index in [4.69, 9.17) is 5.11 Å². The van der Waals surface area contributed by atoms with Crippen molar-refractivity contribution in [2.24, 2.45) is 0 Å². The first-order valence-electron chi connectivity index (χ1n) is 6.59. The summed E-state index contributed by atoms with van der Waals surface area (Å²) >= 11 is 2.87. The van der Waals surface area contributed by atoms with E-state index < -0.39 is 17.4 Å². The van der Waals surface area contributed by atoms with E-state index in [1.807, 2.05) is 17.5 Å². The number of aldehydes is 1. The van der Waals surface area contributed by atoms with Gasteiger partial charge in [-0.3, -0.25) is 4.79 Å². The molecular weight excluding hydrogens is 324 g/mol. The molecule has 0 spiro atoms. The molecule has 0 aromatic carbocycles. The van der Waals surface area contributed by atoms with Crippen molar-refractivity contribution < 1.29 is 19.5 Å². The molecule has 2 rings (SSSR count). The number of amides is 1. The van der Waals surface area contributed by atoms with Crippen LogP contribution in [0.15, 0.2) is 28.8 Å². The van der Waals surface area contributed by atoms with Gasteiger partial charge in [0, 0.05) is 10.6 Å². The van der Waals surface area contributed by atoms with E-state index in [9.17, 15) is 14.4 Å². The second kappa shape index (κ2) is 7.46. The summed E-state index contributed by atoms with van der Waals surface area (Å²) in [4.78, 5) is 35.3. The van der Waals surface area contributed by atoms with Crippen molar-refractivity contribution in [1.29, 1.82) is 0 Å². The molecule has 0 unspecified atom stereocenters. The monoisotopic (exact) mass is 340 g/mol. The highest BCUT2D eigenvalue weighted by Gasteiger charge is 2.29. The van der Waals surface area contributed by atoms with Gasteiger partial charge in [0.15, 0.2) is 0 Å². The van der Waals surface area contributed by atoms with Crippen LogP contribution in [0.2, 0.25) is 0 Å². The minimum atomic E-state index is -1.06. The minimum absolute atomic E-state index is 0.100. The molecule has 0 radical (unpaired) electrons. The van der Waals surface area contributed by atoms with Gasteiger partial charge < -0.3 is 20.5 Å². The van der Waals surface area contributed by atoms with E-state index in [2.05, 4.69) is 10.6 Å². The number of carbonyl (C=O) groups is 3. The van der Waals surface area contributed by atoms with E-state index in [1.54, 1.807) is 6.92 Å². The van der Waals surface area contributed by atoms with Gasteiger partial charge in [-0.1, -0.05) is 6.07 Å². The van der Waals surface area contributed by atoms with Crippen LogP contribution < -0.4 is 10.6 Å².